The zero-order chi connectivity index (χ0) is 16.4. The van der Waals surface area contributed by atoms with Gasteiger partial charge in [0.25, 0.3) is 5.89 Å². The molecule has 0 radical (unpaired) electrons. The molecule has 2 fully saturated rings. The van der Waals surface area contributed by atoms with E-state index < -0.39 is 0 Å². The van der Waals surface area contributed by atoms with Crippen molar-refractivity contribution in [1.29, 1.82) is 0 Å². The molecule has 1 amide bonds. The van der Waals surface area contributed by atoms with Gasteiger partial charge in [0.15, 0.2) is 5.82 Å². The number of carbonyl (C=O) groups excluding carboxylic acids is 1. The van der Waals surface area contributed by atoms with Crippen LogP contribution in [0.25, 0.3) is 11.5 Å². The van der Waals surface area contributed by atoms with Gasteiger partial charge in [-0.15, -0.1) is 0 Å². The van der Waals surface area contributed by atoms with E-state index in [1.807, 2.05) is 35.2 Å². The predicted molar refractivity (Wildman–Crippen MR) is 87.1 cm³/mol. The SMILES string of the molecule is O=C1CCC2(CCOC2)CN1CCc1noc(-c2ccccc2)n1. The monoisotopic (exact) mass is 327 g/mol. The van der Waals surface area contributed by atoms with Crippen molar-refractivity contribution in [3.8, 4) is 11.5 Å². The molecule has 0 N–H and O–H groups in total. The number of benzene rings is 1. The Hall–Kier alpha value is -2.21. The molecular weight excluding hydrogens is 306 g/mol. The summed E-state index contributed by atoms with van der Waals surface area (Å²) < 4.78 is 10.9. The van der Waals surface area contributed by atoms with E-state index >= 15 is 0 Å². The second kappa shape index (κ2) is 6.36. The third kappa shape index (κ3) is 3.06. The summed E-state index contributed by atoms with van der Waals surface area (Å²) in [4.78, 5) is 18.6. The van der Waals surface area contributed by atoms with E-state index in [4.69, 9.17) is 9.26 Å². The van der Waals surface area contributed by atoms with E-state index in [2.05, 4.69) is 10.1 Å². The van der Waals surface area contributed by atoms with Crippen LogP contribution in [0.5, 0.6) is 0 Å². The van der Waals surface area contributed by atoms with E-state index in [9.17, 15) is 4.79 Å². The maximum atomic E-state index is 12.2. The second-order valence-electron chi connectivity index (χ2n) is 6.75. The third-order valence-electron chi connectivity index (χ3n) is 5.03. The minimum absolute atomic E-state index is 0.167. The molecule has 1 aromatic carbocycles. The van der Waals surface area contributed by atoms with Gasteiger partial charge < -0.3 is 14.2 Å². The van der Waals surface area contributed by atoms with Crippen LogP contribution in [0.4, 0.5) is 0 Å². The molecule has 3 heterocycles. The average molecular weight is 327 g/mol. The maximum absolute atomic E-state index is 12.2. The van der Waals surface area contributed by atoms with Crippen molar-refractivity contribution in [3.05, 3.63) is 36.2 Å². The first-order valence-electron chi connectivity index (χ1n) is 8.48. The highest BCUT2D eigenvalue weighted by molar-refractivity contribution is 5.77. The first kappa shape index (κ1) is 15.3. The van der Waals surface area contributed by atoms with Crippen LogP contribution < -0.4 is 0 Å². The number of aromatic nitrogens is 2. The van der Waals surface area contributed by atoms with Gasteiger partial charge in [0.05, 0.1) is 6.61 Å². The molecule has 2 aliphatic heterocycles. The largest absolute Gasteiger partial charge is 0.381 e. The quantitative estimate of drug-likeness (QED) is 0.862. The highest BCUT2D eigenvalue weighted by Crippen LogP contribution is 2.38. The van der Waals surface area contributed by atoms with Crippen molar-refractivity contribution in [3.63, 3.8) is 0 Å². The molecule has 1 unspecified atom stereocenters. The van der Waals surface area contributed by atoms with Gasteiger partial charge in [0.1, 0.15) is 0 Å². The van der Waals surface area contributed by atoms with Gasteiger partial charge in [-0.3, -0.25) is 4.79 Å². The number of ether oxygens (including phenoxy) is 1. The highest BCUT2D eigenvalue weighted by Gasteiger charge is 2.41. The molecule has 1 spiro atoms. The minimum atomic E-state index is 0.167. The van der Waals surface area contributed by atoms with Crippen LogP contribution in [0, 0.1) is 5.41 Å². The fourth-order valence-corrected chi connectivity index (χ4v) is 3.57. The standard InChI is InChI=1S/C18H21N3O3/c22-16-6-8-18(9-11-23-13-18)12-21(16)10-7-15-19-17(24-20-15)14-4-2-1-3-5-14/h1-5H,6-13H2. The van der Waals surface area contributed by atoms with E-state index in [1.165, 1.54) is 0 Å². The van der Waals surface area contributed by atoms with Crippen molar-refractivity contribution in [2.24, 2.45) is 5.41 Å². The second-order valence-corrected chi connectivity index (χ2v) is 6.75. The lowest BCUT2D eigenvalue weighted by molar-refractivity contribution is -0.137. The highest BCUT2D eigenvalue weighted by atomic mass is 16.5. The van der Waals surface area contributed by atoms with Gasteiger partial charge in [-0.1, -0.05) is 23.4 Å². The minimum Gasteiger partial charge on any atom is -0.381 e. The van der Waals surface area contributed by atoms with Crippen LogP contribution in [0.1, 0.15) is 25.1 Å². The summed E-state index contributed by atoms with van der Waals surface area (Å²) in [5.41, 5.74) is 1.08. The lowest BCUT2D eigenvalue weighted by atomic mass is 9.79. The van der Waals surface area contributed by atoms with Crippen molar-refractivity contribution in [2.75, 3.05) is 26.3 Å². The lowest BCUT2D eigenvalue weighted by Gasteiger charge is -2.39. The lowest BCUT2D eigenvalue weighted by Crippen LogP contribution is -2.47. The molecule has 126 valence electrons. The Morgan fingerprint density at radius 1 is 1.21 bits per heavy atom. The number of carbonyl (C=O) groups is 1. The molecule has 4 rings (SSSR count). The average Bonchev–Trinajstić information content (AvgIpc) is 3.27. The Bertz CT molecular complexity index is 707. The molecule has 1 atom stereocenters. The number of rotatable bonds is 4. The van der Waals surface area contributed by atoms with E-state index in [0.29, 0.717) is 31.1 Å². The van der Waals surface area contributed by atoms with Crippen LogP contribution in [-0.2, 0) is 16.0 Å². The van der Waals surface area contributed by atoms with Crippen LogP contribution in [0.15, 0.2) is 34.9 Å². The van der Waals surface area contributed by atoms with Crippen LogP contribution in [0.3, 0.4) is 0 Å². The third-order valence-corrected chi connectivity index (χ3v) is 5.03. The zero-order valence-electron chi connectivity index (χ0n) is 13.6. The topological polar surface area (TPSA) is 68.5 Å². The zero-order valence-corrected chi connectivity index (χ0v) is 13.6. The molecule has 2 aliphatic rings. The van der Waals surface area contributed by atoms with Gasteiger partial charge in [-0.05, 0) is 25.0 Å². The molecule has 0 bridgehead atoms. The maximum Gasteiger partial charge on any atom is 0.257 e. The van der Waals surface area contributed by atoms with E-state index in [1.54, 1.807) is 0 Å². The number of likely N-dealkylation sites (tertiary alicyclic amines) is 1. The molecule has 0 aliphatic carbocycles. The molecule has 6 heteroatoms. The number of amides is 1. The van der Waals surface area contributed by atoms with Crippen LogP contribution in [-0.4, -0.2) is 47.3 Å². The molecule has 0 saturated carbocycles. The molecule has 2 aromatic rings. The molecule has 24 heavy (non-hydrogen) atoms. The summed E-state index contributed by atoms with van der Waals surface area (Å²) in [5.74, 6) is 1.39. The fourth-order valence-electron chi connectivity index (χ4n) is 3.57. The van der Waals surface area contributed by atoms with Crippen LogP contribution in [0.2, 0.25) is 0 Å². The van der Waals surface area contributed by atoms with Crippen molar-refractivity contribution < 1.29 is 14.1 Å². The molecular formula is C18H21N3O3. The van der Waals surface area contributed by atoms with Crippen molar-refractivity contribution in [1.82, 2.24) is 15.0 Å². The van der Waals surface area contributed by atoms with Gasteiger partial charge in [-0.2, -0.15) is 4.98 Å². The first-order chi connectivity index (χ1) is 11.7. The van der Waals surface area contributed by atoms with Gasteiger partial charge in [-0.25, -0.2) is 0 Å². The summed E-state index contributed by atoms with van der Waals surface area (Å²) in [6.45, 7) is 3.01. The van der Waals surface area contributed by atoms with E-state index in [-0.39, 0.29) is 11.3 Å². The summed E-state index contributed by atoms with van der Waals surface area (Å²) in [5, 5.41) is 4.04. The fraction of sp³-hybridized carbons (Fsp3) is 0.500. The number of hydrogen-bond acceptors (Lipinski definition) is 5. The number of hydrogen-bond donors (Lipinski definition) is 0. The normalized spacial score (nSPS) is 24.0. The Kier molecular flexibility index (Phi) is 4.06. The first-order valence-corrected chi connectivity index (χ1v) is 8.48. The Labute approximate surface area is 140 Å². The molecule has 2 saturated heterocycles. The van der Waals surface area contributed by atoms with Gasteiger partial charge in [0.2, 0.25) is 5.91 Å². The number of nitrogens with zero attached hydrogens (tertiary/aromatic N) is 3. The van der Waals surface area contributed by atoms with Crippen molar-refractivity contribution in [2.45, 2.75) is 25.7 Å². The summed E-state index contributed by atoms with van der Waals surface area (Å²) >= 11 is 0. The Morgan fingerprint density at radius 2 is 2.08 bits per heavy atom. The summed E-state index contributed by atoms with van der Waals surface area (Å²) in [6, 6.07) is 9.71. The smallest absolute Gasteiger partial charge is 0.257 e. The van der Waals surface area contributed by atoms with E-state index in [0.717, 1.165) is 38.2 Å². The molecule has 1 aromatic heterocycles. The molecule has 6 nitrogen and oxygen atoms in total. The van der Waals surface area contributed by atoms with Gasteiger partial charge >= 0.3 is 0 Å². The summed E-state index contributed by atoms with van der Waals surface area (Å²) in [7, 11) is 0. The summed E-state index contributed by atoms with van der Waals surface area (Å²) in [6.07, 6.45) is 3.23. The van der Waals surface area contributed by atoms with Crippen LogP contribution >= 0.6 is 0 Å². The van der Waals surface area contributed by atoms with Gasteiger partial charge in [0, 0.05) is 43.5 Å². The van der Waals surface area contributed by atoms with Crippen molar-refractivity contribution >= 4 is 5.91 Å². The Morgan fingerprint density at radius 3 is 2.88 bits per heavy atom. The predicted octanol–water partition coefficient (Wildman–Crippen LogP) is 2.31. The number of piperidine rings is 1. The Balaban J connectivity index is 1.39.